The van der Waals surface area contributed by atoms with E-state index in [0.29, 0.717) is 5.69 Å². The van der Waals surface area contributed by atoms with Crippen LogP contribution in [0.4, 0.5) is 16.2 Å². The highest BCUT2D eigenvalue weighted by Crippen LogP contribution is 2.28. The summed E-state index contributed by atoms with van der Waals surface area (Å²) >= 11 is 0. The summed E-state index contributed by atoms with van der Waals surface area (Å²) in [6.45, 7) is 4.02. The van der Waals surface area contributed by atoms with Gasteiger partial charge in [0.2, 0.25) is 0 Å². The molecule has 0 aliphatic heterocycles. The third-order valence-corrected chi connectivity index (χ3v) is 4.67. The van der Waals surface area contributed by atoms with E-state index in [1.807, 2.05) is 91.3 Å². The average Bonchev–Trinajstić information content (AvgIpc) is 3.10. The van der Waals surface area contributed by atoms with E-state index >= 15 is 0 Å². The smallest absolute Gasteiger partial charge is 0.307 e. The van der Waals surface area contributed by atoms with Gasteiger partial charge >= 0.3 is 6.03 Å². The summed E-state index contributed by atoms with van der Waals surface area (Å²) in [6.07, 6.45) is 3.91. The summed E-state index contributed by atoms with van der Waals surface area (Å²) in [4.78, 5) is 17.2. The number of fused-ring (bicyclic) bond motifs is 1. The summed E-state index contributed by atoms with van der Waals surface area (Å²) in [5, 5.41) is 5.88. The SMILES string of the molecule is Cc1cccc(NC(=O)Nc2ccccc2-c2cn3ccccc3n2)c1C. The number of amides is 2. The standard InChI is InChI=1S/C22H20N4O/c1-15-8-7-11-18(16(15)2)24-22(27)25-19-10-4-3-9-17(19)20-14-26-13-6-5-12-21(26)23-20/h3-14H,1-2H3,(H2,24,25,27). The number of para-hydroxylation sites is 1. The molecule has 0 spiro atoms. The minimum absolute atomic E-state index is 0.278. The van der Waals surface area contributed by atoms with Gasteiger partial charge in [0.1, 0.15) is 5.65 Å². The average molecular weight is 356 g/mol. The van der Waals surface area contributed by atoms with Gasteiger partial charge in [0.05, 0.1) is 11.4 Å². The van der Waals surface area contributed by atoms with Crippen molar-refractivity contribution in [3.63, 3.8) is 0 Å². The van der Waals surface area contributed by atoms with Crippen molar-refractivity contribution in [3.8, 4) is 11.3 Å². The first-order chi connectivity index (χ1) is 13.1. The minimum atomic E-state index is -0.278. The summed E-state index contributed by atoms with van der Waals surface area (Å²) in [6, 6.07) is 19.1. The van der Waals surface area contributed by atoms with Crippen LogP contribution < -0.4 is 10.6 Å². The zero-order chi connectivity index (χ0) is 18.8. The van der Waals surface area contributed by atoms with Gasteiger partial charge in [0, 0.05) is 23.6 Å². The zero-order valence-corrected chi connectivity index (χ0v) is 15.2. The van der Waals surface area contributed by atoms with E-state index in [1.54, 1.807) is 0 Å². The van der Waals surface area contributed by atoms with Crippen molar-refractivity contribution in [1.82, 2.24) is 9.38 Å². The van der Waals surface area contributed by atoms with Crippen molar-refractivity contribution < 1.29 is 4.79 Å². The van der Waals surface area contributed by atoms with Crippen molar-refractivity contribution in [3.05, 3.63) is 84.2 Å². The molecule has 5 nitrogen and oxygen atoms in total. The molecule has 2 N–H and O–H groups in total. The van der Waals surface area contributed by atoms with Gasteiger partial charge in [-0.05, 0) is 49.2 Å². The fourth-order valence-electron chi connectivity index (χ4n) is 3.04. The third kappa shape index (κ3) is 3.40. The van der Waals surface area contributed by atoms with E-state index in [-0.39, 0.29) is 6.03 Å². The molecule has 4 aromatic rings. The van der Waals surface area contributed by atoms with E-state index in [4.69, 9.17) is 0 Å². The van der Waals surface area contributed by atoms with Gasteiger partial charge in [-0.2, -0.15) is 0 Å². The van der Waals surface area contributed by atoms with Crippen LogP contribution >= 0.6 is 0 Å². The molecule has 0 aliphatic carbocycles. The molecule has 0 fully saturated rings. The number of anilines is 2. The normalized spacial score (nSPS) is 10.7. The van der Waals surface area contributed by atoms with Gasteiger partial charge in [0.15, 0.2) is 0 Å². The van der Waals surface area contributed by atoms with Crippen LogP contribution in [0.2, 0.25) is 0 Å². The molecule has 2 aromatic heterocycles. The molecule has 0 unspecified atom stereocenters. The molecular formula is C22H20N4O. The predicted molar refractivity (Wildman–Crippen MR) is 109 cm³/mol. The summed E-state index contributed by atoms with van der Waals surface area (Å²) < 4.78 is 1.96. The first kappa shape index (κ1) is 16.8. The molecule has 27 heavy (non-hydrogen) atoms. The number of carbonyl (C=O) groups is 1. The molecular weight excluding hydrogens is 336 g/mol. The highest BCUT2D eigenvalue weighted by molar-refractivity contribution is 6.02. The van der Waals surface area contributed by atoms with Gasteiger partial charge in [-0.15, -0.1) is 0 Å². The summed E-state index contributed by atoms with van der Waals surface area (Å²) in [7, 11) is 0. The van der Waals surface area contributed by atoms with Gasteiger partial charge in [-0.3, -0.25) is 0 Å². The summed E-state index contributed by atoms with van der Waals surface area (Å²) in [5.74, 6) is 0. The Balaban J connectivity index is 1.61. The molecule has 4 rings (SSSR count). The molecule has 0 atom stereocenters. The lowest BCUT2D eigenvalue weighted by Crippen LogP contribution is -2.20. The lowest BCUT2D eigenvalue weighted by molar-refractivity contribution is 0.262. The van der Waals surface area contributed by atoms with Crippen molar-refractivity contribution in [2.24, 2.45) is 0 Å². The number of hydrogen-bond donors (Lipinski definition) is 2. The molecule has 0 saturated carbocycles. The topological polar surface area (TPSA) is 58.4 Å². The van der Waals surface area contributed by atoms with E-state index in [0.717, 1.165) is 33.7 Å². The lowest BCUT2D eigenvalue weighted by atomic mass is 10.1. The van der Waals surface area contributed by atoms with Gasteiger partial charge in [-0.25, -0.2) is 9.78 Å². The number of hydrogen-bond acceptors (Lipinski definition) is 2. The zero-order valence-electron chi connectivity index (χ0n) is 15.2. The Morgan fingerprint density at radius 2 is 1.63 bits per heavy atom. The van der Waals surface area contributed by atoms with Crippen LogP contribution in [0.1, 0.15) is 11.1 Å². The lowest BCUT2D eigenvalue weighted by Gasteiger charge is -2.13. The largest absolute Gasteiger partial charge is 0.323 e. The fraction of sp³-hybridized carbons (Fsp3) is 0.0909. The summed E-state index contributed by atoms with van der Waals surface area (Å²) in [5.41, 5.74) is 6.25. The molecule has 2 aromatic carbocycles. The molecule has 5 heteroatoms. The first-order valence-corrected chi connectivity index (χ1v) is 8.79. The van der Waals surface area contributed by atoms with Crippen LogP contribution in [0, 0.1) is 13.8 Å². The van der Waals surface area contributed by atoms with Gasteiger partial charge < -0.3 is 15.0 Å². The van der Waals surface area contributed by atoms with E-state index < -0.39 is 0 Å². The molecule has 0 saturated heterocycles. The second-order valence-electron chi connectivity index (χ2n) is 6.46. The number of nitrogens with zero attached hydrogens (tertiary/aromatic N) is 2. The second-order valence-corrected chi connectivity index (χ2v) is 6.46. The van der Waals surface area contributed by atoms with Gasteiger partial charge in [0.25, 0.3) is 0 Å². The van der Waals surface area contributed by atoms with E-state index in [9.17, 15) is 4.79 Å². The number of aryl methyl sites for hydroxylation is 1. The Labute approximate surface area is 157 Å². The maximum absolute atomic E-state index is 12.6. The van der Waals surface area contributed by atoms with Crippen LogP contribution in [0.3, 0.4) is 0 Å². The maximum Gasteiger partial charge on any atom is 0.323 e. The number of rotatable bonds is 3. The number of nitrogens with one attached hydrogen (secondary N) is 2. The number of imidazole rings is 1. The first-order valence-electron chi connectivity index (χ1n) is 8.79. The fourth-order valence-corrected chi connectivity index (χ4v) is 3.04. The molecule has 0 bridgehead atoms. The molecule has 2 heterocycles. The number of benzene rings is 2. The maximum atomic E-state index is 12.6. The predicted octanol–water partition coefficient (Wildman–Crippen LogP) is 5.26. The van der Waals surface area contributed by atoms with Crippen LogP contribution in [-0.4, -0.2) is 15.4 Å². The van der Waals surface area contributed by atoms with E-state index in [1.165, 1.54) is 0 Å². The van der Waals surface area contributed by atoms with Crippen LogP contribution in [0.25, 0.3) is 16.9 Å². The Hall–Kier alpha value is -3.60. The molecule has 0 radical (unpaired) electrons. The minimum Gasteiger partial charge on any atom is -0.307 e. The quantitative estimate of drug-likeness (QED) is 0.526. The number of urea groups is 1. The highest BCUT2D eigenvalue weighted by atomic mass is 16.2. The van der Waals surface area contributed by atoms with Crippen LogP contribution in [-0.2, 0) is 0 Å². The van der Waals surface area contributed by atoms with Crippen molar-refractivity contribution in [2.45, 2.75) is 13.8 Å². The Morgan fingerprint density at radius 1 is 0.889 bits per heavy atom. The second kappa shape index (κ2) is 6.96. The monoisotopic (exact) mass is 356 g/mol. The third-order valence-electron chi connectivity index (χ3n) is 4.67. The van der Waals surface area contributed by atoms with Gasteiger partial charge in [-0.1, -0.05) is 36.4 Å². The molecule has 0 aliphatic rings. The van der Waals surface area contributed by atoms with Crippen molar-refractivity contribution in [1.29, 1.82) is 0 Å². The van der Waals surface area contributed by atoms with Crippen LogP contribution in [0.15, 0.2) is 73.1 Å². The van der Waals surface area contributed by atoms with Crippen molar-refractivity contribution in [2.75, 3.05) is 10.6 Å². The Bertz CT molecular complexity index is 1100. The van der Waals surface area contributed by atoms with Crippen LogP contribution in [0.5, 0.6) is 0 Å². The van der Waals surface area contributed by atoms with E-state index in [2.05, 4.69) is 15.6 Å². The Kier molecular flexibility index (Phi) is 4.34. The highest BCUT2D eigenvalue weighted by Gasteiger charge is 2.12. The number of pyridine rings is 1. The molecule has 134 valence electrons. The molecule has 2 amide bonds. The van der Waals surface area contributed by atoms with Crippen molar-refractivity contribution >= 4 is 23.1 Å². The Morgan fingerprint density at radius 3 is 2.48 bits per heavy atom. The number of aromatic nitrogens is 2. The number of carbonyl (C=O) groups excluding carboxylic acids is 1.